The number of hydrogen-bond acceptors (Lipinski definition) is 1. The summed E-state index contributed by atoms with van der Waals surface area (Å²) in [7, 11) is 0. The Hall–Kier alpha value is -1.99. The van der Waals surface area contributed by atoms with Crippen LogP contribution in [0.25, 0.3) is 0 Å². The van der Waals surface area contributed by atoms with Crippen molar-refractivity contribution in [2.45, 2.75) is 31.9 Å². The summed E-state index contributed by atoms with van der Waals surface area (Å²) in [4.78, 5) is 0. The average molecular weight is 349 g/mol. The van der Waals surface area contributed by atoms with Gasteiger partial charge in [0.1, 0.15) is 0 Å². The van der Waals surface area contributed by atoms with E-state index in [0.717, 1.165) is 24.2 Å². The van der Waals surface area contributed by atoms with Crippen molar-refractivity contribution in [1.82, 2.24) is 0 Å². The number of benzene rings is 2. The maximum atomic E-state index is 3.88. The Morgan fingerprint density at radius 2 is 1.76 bits per heavy atom. The highest BCUT2D eigenvalue weighted by Crippen LogP contribution is 2.33. The Labute approximate surface area is 157 Å². The number of rotatable bonds is 9. The summed E-state index contributed by atoms with van der Waals surface area (Å²) in [5.74, 6) is 1.02. The van der Waals surface area contributed by atoms with Crippen LogP contribution >= 0.6 is 11.8 Å². The third-order valence-corrected chi connectivity index (χ3v) is 5.43. The smallest absolute Gasteiger partial charge is 0.0303 e. The molecule has 0 saturated heterocycles. The predicted molar refractivity (Wildman–Crippen MR) is 114 cm³/mol. The molecule has 0 fully saturated rings. The first-order chi connectivity index (χ1) is 12.2. The minimum Gasteiger partial charge on any atom is -0.150 e. The largest absolute Gasteiger partial charge is 0.150 e. The molecule has 0 aliphatic heterocycles. The van der Waals surface area contributed by atoms with Gasteiger partial charge >= 0.3 is 0 Å². The van der Waals surface area contributed by atoms with Gasteiger partial charge in [-0.1, -0.05) is 91.1 Å². The van der Waals surface area contributed by atoms with E-state index in [4.69, 9.17) is 0 Å². The lowest BCUT2D eigenvalue weighted by Gasteiger charge is -2.17. The molecule has 0 spiro atoms. The van der Waals surface area contributed by atoms with Crippen LogP contribution in [0.5, 0.6) is 0 Å². The summed E-state index contributed by atoms with van der Waals surface area (Å²) in [5.41, 5.74) is 5.36. The highest BCUT2D eigenvalue weighted by Gasteiger charge is 2.12. The van der Waals surface area contributed by atoms with Crippen LogP contribution in [0.2, 0.25) is 0 Å². The second kappa shape index (κ2) is 10.8. The Balaban J connectivity index is 1.96. The van der Waals surface area contributed by atoms with Gasteiger partial charge in [-0.2, -0.15) is 0 Å². The van der Waals surface area contributed by atoms with Gasteiger partial charge < -0.3 is 0 Å². The van der Waals surface area contributed by atoms with E-state index in [1.807, 2.05) is 24.8 Å². The molecule has 2 aromatic rings. The zero-order chi connectivity index (χ0) is 17.9. The van der Waals surface area contributed by atoms with Crippen LogP contribution in [0, 0.1) is 6.92 Å². The monoisotopic (exact) mass is 348 g/mol. The van der Waals surface area contributed by atoms with Crippen molar-refractivity contribution >= 4 is 11.8 Å². The van der Waals surface area contributed by atoms with Crippen LogP contribution in [0.4, 0.5) is 0 Å². The quantitative estimate of drug-likeness (QED) is 0.436. The van der Waals surface area contributed by atoms with Gasteiger partial charge in [0.25, 0.3) is 0 Å². The van der Waals surface area contributed by atoms with Crippen molar-refractivity contribution in [2.24, 2.45) is 0 Å². The van der Waals surface area contributed by atoms with E-state index in [0.29, 0.717) is 5.25 Å². The van der Waals surface area contributed by atoms with Crippen molar-refractivity contribution in [2.75, 3.05) is 5.75 Å². The second-order valence-corrected chi connectivity index (χ2v) is 7.57. The lowest BCUT2D eigenvalue weighted by atomic mass is 10.0. The lowest BCUT2D eigenvalue weighted by molar-refractivity contribution is 0.799. The molecule has 130 valence electrons. The Morgan fingerprint density at radius 1 is 1.04 bits per heavy atom. The molecule has 0 nitrogen and oxygen atoms in total. The van der Waals surface area contributed by atoms with Crippen molar-refractivity contribution in [3.05, 3.63) is 108 Å². The molecule has 1 atom stereocenters. The molecule has 25 heavy (non-hydrogen) atoms. The Morgan fingerprint density at radius 3 is 2.48 bits per heavy atom. The second-order valence-electron chi connectivity index (χ2n) is 6.33. The van der Waals surface area contributed by atoms with Crippen molar-refractivity contribution in [3.8, 4) is 0 Å². The molecule has 2 rings (SSSR count). The average Bonchev–Trinajstić information content (AvgIpc) is 2.62. The van der Waals surface area contributed by atoms with Crippen LogP contribution < -0.4 is 0 Å². The highest BCUT2D eigenvalue weighted by atomic mass is 32.2. The fourth-order valence-corrected chi connectivity index (χ4v) is 3.81. The molecule has 0 aromatic heterocycles. The fraction of sp³-hybridized carbons (Fsp3) is 0.250. The summed E-state index contributed by atoms with van der Waals surface area (Å²) in [6, 6.07) is 19.6. The summed E-state index contributed by atoms with van der Waals surface area (Å²) in [5, 5.41) is 0.524. The molecule has 1 heteroatoms. The zero-order valence-corrected chi connectivity index (χ0v) is 16.1. The first-order valence-corrected chi connectivity index (χ1v) is 9.91. The molecular formula is C24H28S. The van der Waals surface area contributed by atoms with Gasteiger partial charge in [-0.25, -0.2) is 0 Å². The molecule has 2 aromatic carbocycles. The molecule has 1 unspecified atom stereocenters. The van der Waals surface area contributed by atoms with Gasteiger partial charge in [-0.15, -0.1) is 11.8 Å². The highest BCUT2D eigenvalue weighted by molar-refractivity contribution is 7.99. The van der Waals surface area contributed by atoms with Crippen LogP contribution in [0.15, 0.2) is 91.1 Å². The van der Waals surface area contributed by atoms with Gasteiger partial charge in [0.05, 0.1) is 0 Å². The molecular weight excluding hydrogens is 320 g/mol. The lowest BCUT2D eigenvalue weighted by Crippen LogP contribution is -1.99. The minimum atomic E-state index is 0.524. The van der Waals surface area contributed by atoms with Crippen molar-refractivity contribution in [3.63, 3.8) is 0 Å². The first-order valence-electron chi connectivity index (χ1n) is 8.86. The number of thioether (sulfide) groups is 1. The minimum absolute atomic E-state index is 0.524. The Kier molecular flexibility index (Phi) is 8.34. The topological polar surface area (TPSA) is 0 Å². The molecule has 0 aliphatic rings. The molecule has 0 amide bonds. The van der Waals surface area contributed by atoms with Gasteiger partial charge in [-0.05, 0) is 43.4 Å². The van der Waals surface area contributed by atoms with E-state index < -0.39 is 0 Å². The van der Waals surface area contributed by atoms with Gasteiger partial charge in [0, 0.05) is 11.0 Å². The van der Waals surface area contributed by atoms with Crippen LogP contribution in [-0.4, -0.2) is 5.75 Å². The van der Waals surface area contributed by atoms with Crippen LogP contribution in [0.1, 0.15) is 35.3 Å². The summed E-state index contributed by atoms with van der Waals surface area (Å²) in [6.45, 7) is 8.09. The molecule has 0 N–H and O–H groups in total. The van der Waals surface area contributed by atoms with Crippen molar-refractivity contribution < 1.29 is 0 Å². The van der Waals surface area contributed by atoms with Gasteiger partial charge in [0.2, 0.25) is 0 Å². The SMILES string of the molecule is C=C(C)/C=C\C=C/CSC(CCc1ccccc1C)c1ccccc1. The molecule has 0 heterocycles. The maximum Gasteiger partial charge on any atom is 0.0303 e. The zero-order valence-electron chi connectivity index (χ0n) is 15.3. The number of aryl methyl sites for hydroxylation is 2. The van der Waals surface area contributed by atoms with E-state index >= 15 is 0 Å². The molecule has 0 bridgehead atoms. The van der Waals surface area contributed by atoms with Crippen LogP contribution in [0.3, 0.4) is 0 Å². The number of hydrogen-bond donors (Lipinski definition) is 0. The van der Waals surface area contributed by atoms with E-state index in [2.05, 4.69) is 86.3 Å². The third kappa shape index (κ3) is 7.19. The summed E-state index contributed by atoms with van der Waals surface area (Å²) in [6.07, 6.45) is 10.7. The summed E-state index contributed by atoms with van der Waals surface area (Å²) < 4.78 is 0. The van der Waals surface area contributed by atoms with E-state index in [1.54, 1.807) is 0 Å². The normalized spacial score (nSPS) is 12.7. The summed E-state index contributed by atoms with van der Waals surface area (Å²) >= 11 is 2.02. The van der Waals surface area contributed by atoms with Gasteiger partial charge in [-0.3, -0.25) is 0 Å². The van der Waals surface area contributed by atoms with E-state index in [-0.39, 0.29) is 0 Å². The maximum absolute atomic E-state index is 3.88. The van der Waals surface area contributed by atoms with E-state index in [1.165, 1.54) is 16.7 Å². The first kappa shape index (κ1) is 19.3. The third-order valence-electron chi connectivity index (χ3n) is 4.13. The standard InChI is InChI=1S/C24H28S/c1-20(2)12-6-5-11-19-25-24(23-15-7-4-8-16-23)18-17-22-14-10-9-13-21(22)3/h4-16,24H,1,17-19H2,2-3H3/b11-5-,12-6-. The molecule has 0 radical (unpaired) electrons. The van der Waals surface area contributed by atoms with Crippen LogP contribution in [-0.2, 0) is 6.42 Å². The van der Waals surface area contributed by atoms with Crippen molar-refractivity contribution in [1.29, 1.82) is 0 Å². The Bertz CT molecular complexity index is 710. The predicted octanol–water partition coefficient (Wildman–Crippen LogP) is 7.09. The molecule has 0 aliphatic carbocycles. The number of allylic oxidation sites excluding steroid dienone is 4. The van der Waals surface area contributed by atoms with E-state index in [9.17, 15) is 0 Å². The fourth-order valence-electron chi connectivity index (χ4n) is 2.72. The van der Waals surface area contributed by atoms with Gasteiger partial charge in [0.15, 0.2) is 0 Å². The molecule has 0 saturated carbocycles.